The Bertz CT molecular complexity index is 1480. The summed E-state index contributed by atoms with van der Waals surface area (Å²) in [5, 5.41) is 23.3. The third-order valence-corrected chi connectivity index (χ3v) is 8.94. The molecular weight excluding hydrogens is 566 g/mol. The van der Waals surface area contributed by atoms with Crippen LogP contribution in [0.15, 0.2) is 53.7 Å². The van der Waals surface area contributed by atoms with Gasteiger partial charge in [0.25, 0.3) is 0 Å². The molecule has 1 aliphatic heterocycles. The molecule has 0 radical (unpaired) electrons. The molecule has 0 aliphatic carbocycles. The summed E-state index contributed by atoms with van der Waals surface area (Å²) in [5.41, 5.74) is 0.947. The number of nitrogens with one attached hydrogen (secondary N) is 1. The van der Waals surface area contributed by atoms with Crippen LogP contribution in [0, 0.1) is 5.92 Å². The van der Waals surface area contributed by atoms with Gasteiger partial charge in [0.05, 0.1) is 37.6 Å². The average Bonchev–Trinajstić information content (AvgIpc) is 3.49. The first-order valence-corrected chi connectivity index (χ1v) is 14.8. The van der Waals surface area contributed by atoms with Gasteiger partial charge in [-0.1, -0.05) is 6.92 Å². The largest absolute Gasteiger partial charge is 0.497 e. The van der Waals surface area contributed by atoms with E-state index in [0.717, 1.165) is 0 Å². The number of methoxy groups -OCH3 is 1. The number of sulfonamides is 1. The standard InChI is InChI=1S/C27H35N7O7S/c1-18-13-34(19(2)16-35)27(37)12-20-11-21(29-26(36)15-33-17-28-30-31-33)5-10-24(20)41-25(18)14-32(3)42(38,39)23-8-6-22(40-4)7-9-23/h5-11,17-19,25,35H,12-16H2,1-4H3,(H,29,36)/t18-,19-,25-/m0/s1. The van der Waals surface area contributed by atoms with E-state index in [0.29, 0.717) is 22.7 Å². The van der Waals surface area contributed by atoms with Crippen molar-refractivity contribution in [3.05, 3.63) is 54.4 Å². The molecule has 4 rings (SSSR count). The average molecular weight is 602 g/mol. The molecular formula is C27H35N7O7S. The lowest BCUT2D eigenvalue weighted by molar-refractivity contribution is -0.134. The summed E-state index contributed by atoms with van der Waals surface area (Å²) in [6.45, 7) is 3.52. The van der Waals surface area contributed by atoms with Crippen LogP contribution >= 0.6 is 0 Å². The molecule has 0 fully saturated rings. The number of fused-ring (bicyclic) bond motifs is 1. The van der Waals surface area contributed by atoms with Crippen molar-refractivity contribution in [3.8, 4) is 11.5 Å². The molecule has 14 nitrogen and oxygen atoms in total. The van der Waals surface area contributed by atoms with Crippen molar-refractivity contribution in [2.45, 2.75) is 43.9 Å². The number of hydrogen-bond acceptors (Lipinski definition) is 10. The van der Waals surface area contributed by atoms with E-state index >= 15 is 0 Å². The third-order valence-electron chi connectivity index (χ3n) is 7.10. The fourth-order valence-corrected chi connectivity index (χ4v) is 5.79. The minimum absolute atomic E-state index is 0.00503. The SMILES string of the molecule is COc1ccc(S(=O)(=O)N(C)C[C@@H]2Oc3ccc(NC(=O)Cn4cnnn4)cc3CC(=O)N([C@@H](C)CO)C[C@@H]2C)cc1. The Kier molecular flexibility index (Phi) is 9.75. The highest BCUT2D eigenvalue weighted by molar-refractivity contribution is 7.89. The van der Waals surface area contributed by atoms with E-state index in [2.05, 4.69) is 20.8 Å². The number of rotatable bonds is 10. The summed E-state index contributed by atoms with van der Waals surface area (Å²) in [7, 11) is -0.887. The van der Waals surface area contributed by atoms with E-state index < -0.39 is 22.2 Å². The molecule has 0 saturated heterocycles. The zero-order valence-electron chi connectivity index (χ0n) is 23.9. The molecule has 226 valence electrons. The van der Waals surface area contributed by atoms with Gasteiger partial charge in [0, 0.05) is 30.8 Å². The van der Waals surface area contributed by atoms with Gasteiger partial charge in [-0.05, 0) is 59.8 Å². The third kappa shape index (κ3) is 7.21. The quantitative estimate of drug-likeness (QED) is 0.339. The molecule has 2 amide bonds. The van der Waals surface area contributed by atoms with Crippen molar-refractivity contribution in [2.24, 2.45) is 5.92 Å². The van der Waals surface area contributed by atoms with Crippen LogP contribution in [0.1, 0.15) is 19.4 Å². The number of carbonyl (C=O) groups excluding carboxylic acids is 2. The molecule has 0 saturated carbocycles. The second-order valence-electron chi connectivity index (χ2n) is 10.2. The van der Waals surface area contributed by atoms with Gasteiger partial charge in [-0.25, -0.2) is 13.1 Å². The maximum Gasteiger partial charge on any atom is 0.246 e. The van der Waals surface area contributed by atoms with Crippen molar-refractivity contribution in [1.29, 1.82) is 0 Å². The van der Waals surface area contributed by atoms with E-state index in [9.17, 15) is 23.1 Å². The van der Waals surface area contributed by atoms with Crippen molar-refractivity contribution >= 4 is 27.5 Å². The number of hydrogen-bond donors (Lipinski definition) is 2. The second-order valence-corrected chi connectivity index (χ2v) is 12.3. The van der Waals surface area contributed by atoms with Crippen LogP contribution in [0.2, 0.25) is 0 Å². The Balaban J connectivity index is 1.61. The van der Waals surface area contributed by atoms with Crippen LogP contribution < -0.4 is 14.8 Å². The van der Waals surface area contributed by atoms with Crippen LogP contribution in [0.25, 0.3) is 0 Å². The number of amides is 2. The molecule has 42 heavy (non-hydrogen) atoms. The number of aliphatic hydroxyl groups excluding tert-OH is 1. The van der Waals surface area contributed by atoms with Crippen molar-refractivity contribution < 1.29 is 32.6 Å². The molecule has 3 aromatic rings. The summed E-state index contributed by atoms with van der Waals surface area (Å²) >= 11 is 0. The van der Waals surface area contributed by atoms with Crippen LogP contribution in [0.3, 0.4) is 0 Å². The molecule has 2 N–H and O–H groups in total. The Morgan fingerprint density at radius 1 is 1.26 bits per heavy atom. The monoisotopic (exact) mass is 601 g/mol. The lowest BCUT2D eigenvalue weighted by Crippen LogP contribution is -2.48. The van der Waals surface area contributed by atoms with Gasteiger partial charge in [-0.2, -0.15) is 4.31 Å². The zero-order valence-corrected chi connectivity index (χ0v) is 24.7. The molecule has 1 aliphatic rings. The predicted octanol–water partition coefficient (Wildman–Crippen LogP) is 0.790. The normalized spacial score (nSPS) is 18.3. The number of benzene rings is 2. The number of carbonyl (C=O) groups is 2. The van der Waals surface area contributed by atoms with Gasteiger partial charge in [0.1, 0.15) is 30.5 Å². The number of ether oxygens (including phenoxy) is 2. The highest BCUT2D eigenvalue weighted by atomic mass is 32.2. The fraction of sp³-hybridized carbons (Fsp3) is 0.444. The number of likely N-dealkylation sites (N-methyl/N-ethyl adjacent to an activating group) is 1. The Morgan fingerprint density at radius 3 is 2.64 bits per heavy atom. The van der Waals surface area contributed by atoms with Crippen LogP contribution in [-0.4, -0.2) is 101 Å². The summed E-state index contributed by atoms with van der Waals surface area (Å²) in [6.07, 6.45) is 0.622. The minimum Gasteiger partial charge on any atom is -0.497 e. The van der Waals surface area contributed by atoms with Gasteiger partial charge in [-0.15, -0.1) is 5.10 Å². The first kappa shape index (κ1) is 30.9. The Hall–Kier alpha value is -4.08. The molecule has 15 heteroatoms. The highest BCUT2D eigenvalue weighted by Gasteiger charge is 2.33. The number of aromatic nitrogens is 4. The summed E-state index contributed by atoms with van der Waals surface area (Å²) in [6, 6.07) is 10.6. The smallest absolute Gasteiger partial charge is 0.246 e. The minimum atomic E-state index is -3.87. The van der Waals surface area contributed by atoms with Gasteiger partial charge < -0.3 is 24.8 Å². The zero-order chi connectivity index (χ0) is 30.4. The fourth-order valence-electron chi connectivity index (χ4n) is 4.60. The number of aliphatic hydroxyl groups is 1. The van der Waals surface area contributed by atoms with E-state index in [1.165, 1.54) is 41.6 Å². The molecule has 0 bridgehead atoms. The summed E-state index contributed by atoms with van der Waals surface area (Å²) in [5.74, 6) is 0.0240. The molecule has 0 spiro atoms. The van der Waals surface area contributed by atoms with E-state index in [1.807, 2.05) is 6.92 Å². The molecule has 0 unspecified atom stereocenters. The van der Waals surface area contributed by atoms with Crippen molar-refractivity contribution in [2.75, 3.05) is 39.2 Å². The lowest BCUT2D eigenvalue weighted by atomic mass is 10.0. The van der Waals surface area contributed by atoms with Crippen LogP contribution in [0.5, 0.6) is 11.5 Å². The Morgan fingerprint density at radius 2 is 2.00 bits per heavy atom. The highest BCUT2D eigenvalue weighted by Crippen LogP contribution is 2.30. The number of tetrazole rings is 1. The molecule has 3 atom stereocenters. The lowest BCUT2D eigenvalue weighted by Gasteiger charge is -2.33. The van der Waals surface area contributed by atoms with E-state index in [-0.39, 0.29) is 55.3 Å². The first-order valence-electron chi connectivity index (χ1n) is 13.3. The second kappa shape index (κ2) is 13.3. The van der Waals surface area contributed by atoms with Gasteiger partial charge in [-0.3, -0.25) is 9.59 Å². The van der Waals surface area contributed by atoms with Crippen molar-refractivity contribution in [3.63, 3.8) is 0 Å². The maximum absolute atomic E-state index is 13.4. The van der Waals surface area contributed by atoms with Crippen LogP contribution in [0.4, 0.5) is 5.69 Å². The van der Waals surface area contributed by atoms with Gasteiger partial charge in [0.2, 0.25) is 21.8 Å². The molecule has 2 aromatic carbocycles. The van der Waals surface area contributed by atoms with Gasteiger partial charge in [0.15, 0.2) is 0 Å². The van der Waals surface area contributed by atoms with Crippen molar-refractivity contribution in [1.82, 2.24) is 29.4 Å². The van der Waals surface area contributed by atoms with E-state index in [1.54, 1.807) is 42.2 Å². The predicted molar refractivity (Wildman–Crippen MR) is 151 cm³/mol. The first-order chi connectivity index (χ1) is 20.0. The summed E-state index contributed by atoms with van der Waals surface area (Å²) < 4.78 is 40.8. The van der Waals surface area contributed by atoms with Crippen LogP contribution in [-0.2, 0) is 32.6 Å². The molecule has 1 aromatic heterocycles. The number of nitrogens with zero attached hydrogens (tertiary/aromatic N) is 6. The maximum atomic E-state index is 13.4. The Labute approximate surface area is 244 Å². The van der Waals surface area contributed by atoms with E-state index in [4.69, 9.17) is 9.47 Å². The van der Waals surface area contributed by atoms with Gasteiger partial charge >= 0.3 is 0 Å². The number of anilines is 1. The summed E-state index contributed by atoms with van der Waals surface area (Å²) in [4.78, 5) is 27.6. The molecule has 2 heterocycles. The topological polar surface area (TPSA) is 169 Å².